The number of pyridine rings is 1. The topological polar surface area (TPSA) is 66.0 Å². The number of ether oxygens (including phenoxy) is 1. The van der Waals surface area contributed by atoms with Crippen LogP contribution in [0.3, 0.4) is 0 Å². The summed E-state index contributed by atoms with van der Waals surface area (Å²) in [4.78, 5) is 36.7. The molecule has 2 saturated heterocycles. The largest absolute Gasteiger partial charge is 0.379 e. The second kappa shape index (κ2) is 9.22. The molecule has 1 atom stereocenters. The number of nitrogens with zero attached hydrogens (tertiary/aromatic N) is 4. The van der Waals surface area contributed by atoms with Gasteiger partial charge in [0.05, 0.1) is 13.2 Å². The first-order chi connectivity index (χ1) is 14.1. The van der Waals surface area contributed by atoms with Gasteiger partial charge >= 0.3 is 0 Å². The Morgan fingerprint density at radius 3 is 2.72 bits per heavy atom. The van der Waals surface area contributed by atoms with Crippen LogP contribution >= 0.6 is 0 Å². The minimum absolute atomic E-state index is 0.0141. The van der Waals surface area contributed by atoms with E-state index in [0.717, 1.165) is 77.2 Å². The van der Waals surface area contributed by atoms with Gasteiger partial charge < -0.3 is 14.5 Å². The molecule has 7 nitrogen and oxygen atoms in total. The number of aryl methyl sites for hydroxylation is 1. The molecule has 1 saturated carbocycles. The number of amides is 2. The molecule has 0 spiro atoms. The van der Waals surface area contributed by atoms with Gasteiger partial charge in [-0.1, -0.05) is 6.07 Å². The predicted molar refractivity (Wildman–Crippen MR) is 110 cm³/mol. The summed E-state index contributed by atoms with van der Waals surface area (Å²) >= 11 is 0. The Balaban J connectivity index is 1.43. The number of rotatable bonds is 6. The summed E-state index contributed by atoms with van der Waals surface area (Å²) in [6.07, 6.45) is 5.58. The van der Waals surface area contributed by atoms with E-state index in [0.29, 0.717) is 12.2 Å². The number of morpholine rings is 1. The highest BCUT2D eigenvalue weighted by molar-refractivity contribution is 5.93. The van der Waals surface area contributed by atoms with Crippen LogP contribution in [-0.2, 0) is 9.53 Å². The molecule has 1 unspecified atom stereocenters. The van der Waals surface area contributed by atoms with Crippen LogP contribution < -0.4 is 0 Å². The van der Waals surface area contributed by atoms with Crippen molar-refractivity contribution in [1.82, 2.24) is 19.7 Å². The summed E-state index contributed by atoms with van der Waals surface area (Å²) in [5.74, 6) is 0.468. The molecule has 0 bridgehead atoms. The molecule has 0 N–H and O–H groups in total. The molecule has 0 aromatic carbocycles. The van der Waals surface area contributed by atoms with E-state index in [4.69, 9.17) is 4.74 Å². The van der Waals surface area contributed by atoms with E-state index in [1.165, 1.54) is 0 Å². The fourth-order valence-corrected chi connectivity index (χ4v) is 4.36. The fourth-order valence-electron chi connectivity index (χ4n) is 4.36. The lowest BCUT2D eigenvalue weighted by molar-refractivity contribution is -0.136. The van der Waals surface area contributed by atoms with E-state index < -0.39 is 0 Å². The van der Waals surface area contributed by atoms with Crippen LogP contribution in [0.2, 0.25) is 0 Å². The number of likely N-dealkylation sites (tertiary alicyclic amines) is 1. The third-order valence-corrected chi connectivity index (χ3v) is 6.31. The van der Waals surface area contributed by atoms with E-state index in [2.05, 4.69) is 14.8 Å². The maximum absolute atomic E-state index is 13.0. The monoisotopic (exact) mass is 400 g/mol. The average Bonchev–Trinajstić information content (AvgIpc) is 3.60. The van der Waals surface area contributed by atoms with Crippen molar-refractivity contribution in [3.63, 3.8) is 0 Å². The summed E-state index contributed by atoms with van der Waals surface area (Å²) in [5.41, 5.74) is 1.43. The molecule has 3 heterocycles. The van der Waals surface area contributed by atoms with Crippen LogP contribution in [-0.4, -0.2) is 90.0 Å². The molecule has 1 aromatic rings. The van der Waals surface area contributed by atoms with E-state index in [1.54, 1.807) is 6.20 Å². The van der Waals surface area contributed by atoms with Crippen LogP contribution in [0.15, 0.2) is 18.3 Å². The molecule has 2 aliphatic heterocycles. The van der Waals surface area contributed by atoms with Crippen LogP contribution in [0.4, 0.5) is 0 Å². The molecule has 0 radical (unpaired) electrons. The third-order valence-electron chi connectivity index (χ3n) is 6.31. The summed E-state index contributed by atoms with van der Waals surface area (Å²) in [6.45, 7) is 8.29. The van der Waals surface area contributed by atoms with Crippen LogP contribution in [0.5, 0.6) is 0 Å². The molecule has 7 heteroatoms. The first kappa shape index (κ1) is 20.3. The van der Waals surface area contributed by atoms with Gasteiger partial charge in [0.1, 0.15) is 5.69 Å². The van der Waals surface area contributed by atoms with Crippen molar-refractivity contribution in [2.45, 2.75) is 38.6 Å². The van der Waals surface area contributed by atoms with Crippen molar-refractivity contribution >= 4 is 11.8 Å². The molecule has 4 rings (SSSR count). The minimum atomic E-state index is -0.0141. The second-order valence-electron chi connectivity index (χ2n) is 8.48. The smallest absolute Gasteiger partial charge is 0.272 e. The molecule has 2 amide bonds. The molecule has 1 aromatic heterocycles. The molecule has 158 valence electrons. The van der Waals surface area contributed by atoms with Gasteiger partial charge in [0.2, 0.25) is 5.91 Å². The maximum atomic E-state index is 13.0. The normalized spacial score (nSPS) is 23.1. The van der Waals surface area contributed by atoms with Gasteiger partial charge in [0, 0.05) is 57.4 Å². The van der Waals surface area contributed by atoms with Crippen molar-refractivity contribution in [1.29, 1.82) is 0 Å². The molecular weight excluding hydrogens is 368 g/mol. The van der Waals surface area contributed by atoms with Gasteiger partial charge in [-0.3, -0.25) is 19.5 Å². The van der Waals surface area contributed by atoms with E-state index in [9.17, 15) is 9.59 Å². The molecule has 29 heavy (non-hydrogen) atoms. The van der Waals surface area contributed by atoms with E-state index in [-0.39, 0.29) is 23.8 Å². The summed E-state index contributed by atoms with van der Waals surface area (Å²) in [5, 5.41) is 0. The van der Waals surface area contributed by atoms with Gasteiger partial charge in [-0.2, -0.15) is 0 Å². The summed E-state index contributed by atoms with van der Waals surface area (Å²) in [7, 11) is 0. The number of hydrogen-bond donors (Lipinski definition) is 0. The number of carbonyl (C=O) groups excluding carboxylic acids is 2. The highest BCUT2D eigenvalue weighted by Gasteiger charge is 2.38. The van der Waals surface area contributed by atoms with Crippen molar-refractivity contribution in [2.75, 3.05) is 52.5 Å². The lowest BCUT2D eigenvalue weighted by atomic mass is 10.0. The zero-order chi connectivity index (χ0) is 20.2. The Labute approximate surface area is 173 Å². The van der Waals surface area contributed by atoms with Crippen LogP contribution in [0.25, 0.3) is 0 Å². The predicted octanol–water partition coefficient (Wildman–Crippen LogP) is 1.57. The Morgan fingerprint density at radius 2 is 2.00 bits per heavy atom. The minimum Gasteiger partial charge on any atom is -0.379 e. The van der Waals surface area contributed by atoms with Crippen molar-refractivity contribution in [3.05, 3.63) is 29.6 Å². The molecular formula is C22H32N4O3. The highest BCUT2D eigenvalue weighted by atomic mass is 16.5. The van der Waals surface area contributed by atoms with Gasteiger partial charge in [-0.05, 0) is 44.2 Å². The van der Waals surface area contributed by atoms with Gasteiger partial charge in [0.15, 0.2) is 0 Å². The van der Waals surface area contributed by atoms with Crippen molar-refractivity contribution in [3.8, 4) is 0 Å². The molecule has 1 aliphatic carbocycles. The lowest BCUT2D eigenvalue weighted by Gasteiger charge is -2.40. The van der Waals surface area contributed by atoms with Crippen LogP contribution in [0.1, 0.15) is 41.7 Å². The van der Waals surface area contributed by atoms with Crippen molar-refractivity contribution < 1.29 is 14.3 Å². The van der Waals surface area contributed by atoms with Gasteiger partial charge in [-0.15, -0.1) is 0 Å². The SMILES string of the molecule is Cc1cccnc1C(=O)N1CCCC(N(CCN2CCOCC2)C(=O)C2CC2)C1. The van der Waals surface area contributed by atoms with Crippen LogP contribution in [0, 0.1) is 12.8 Å². The first-order valence-corrected chi connectivity index (χ1v) is 10.9. The lowest BCUT2D eigenvalue weighted by Crippen LogP contribution is -2.54. The average molecular weight is 401 g/mol. The Morgan fingerprint density at radius 1 is 1.21 bits per heavy atom. The van der Waals surface area contributed by atoms with Gasteiger partial charge in [0.25, 0.3) is 5.91 Å². The molecule has 3 aliphatic rings. The second-order valence-corrected chi connectivity index (χ2v) is 8.48. The number of aromatic nitrogens is 1. The zero-order valence-electron chi connectivity index (χ0n) is 17.4. The quantitative estimate of drug-likeness (QED) is 0.725. The van der Waals surface area contributed by atoms with E-state index in [1.807, 2.05) is 24.0 Å². The Kier molecular flexibility index (Phi) is 6.45. The standard InChI is InChI=1S/C22H32N4O3/c1-17-4-2-8-23-20(17)22(28)25-9-3-5-19(16-25)26(21(27)18-6-7-18)11-10-24-12-14-29-15-13-24/h2,4,8,18-19H,3,5-7,9-16H2,1H3. The number of hydrogen-bond acceptors (Lipinski definition) is 5. The van der Waals surface area contributed by atoms with E-state index >= 15 is 0 Å². The number of piperidine rings is 1. The highest BCUT2D eigenvalue weighted by Crippen LogP contribution is 2.32. The first-order valence-electron chi connectivity index (χ1n) is 10.9. The summed E-state index contributed by atoms with van der Waals surface area (Å²) in [6, 6.07) is 3.88. The molecule has 3 fully saturated rings. The maximum Gasteiger partial charge on any atom is 0.272 e. The third kappa shape index (κ3) is 4.95. The van der Waals surface area contributed by atoms with Crippen molar-refractivity contribution in [2.24, 2.45) is 5.92 Å². The Hall–Kier alpha value is -1.99. The fraction of sp³-hybridized carbons (Fsp3) is 0.682. The number of carbonyl (C=O) groups is 2. The Bertz CT molecular complexity index is 731. The zero-order valence-corrected chi connectivity index (χ0v) is 17.4. The van der Waals surface area contributed by atoms with Gasteiger partial charge in [-0.25, -0.2) is 0 Å². The summed E-state index contributed by atoms with van der Waals surface area (Å²) < 4.78 is 5.44.